The number of rotatable bonds is 3. The molecule has 2 aromatic carbocycles. The first-order valence-corrected chi connectivity index (χ1v) is 14.1. The van der Waals surface area contributed by atoms with Gasteiger partial charge in [0.25, 0.3) is 5.91 Å². The van der Waals surface area contributed by atoms with Crippen LogP contribution in [-0.4, -0.2) is 51.7 Å². The summed E-state index contributed by atoms with van der Waals surface area (Å²) in [5, 5.41) is 0.820. The lowest BCUT2D eigenvalue weighted by Gasteiger charge is -2.45. The number of Topliss-reactive ketones (excluding diaryl/α,β-unsaturated/α-hetero) is 1. The lowest BCUT2D eigenvalue weighted by Crippen LogP contribution is -2.56. The van der Waals surface area contributed by atoms with Crippen LogP contribution in [0, 0.1) is 5.92 Å². The highest BCUT2D eigenvalue weighted by molar-refractivity contribution is 6.07. The fraction of sp³-hybridized carbons (Fsp3) is 0.344. The number of aromatic nitrogens is 2. The minimum Gasteiger partial charge on any atom is -0.485 e. The van der Waals surface area contributed by atoms with Gasteiger partial charge in [-0.25, -0.2) is 4.79 Å². The van der Waals surface area contributed by atoms with Crippen molar-refractivity contribution >= 4 is 28.6 Å². The van der Waals surface area contributed by atoms with Gasteiger partial charge in [0, 0.05) is 41.3 Å². The molecule has 2 aromatic heterocycles. The molecule has 1 amide bonds. The number of aromatic amines is 2. The summed E-state index contributed by atoms with van der Waals surface area (Å²) in [7, 11) is 1.01. The summed E-state index contributed by atoms with van der Waals surface area (Å²) in [4.78, 5) is 47.2. The molecule has 0 bridgehead atoms. The molecule has 11 heteroatoms. The average molecular weight is 590 g/mol. The first kappa shape index (κ1) is 26.1. The largest absolute Gasteiger partial charge is 0.485 e. The molecule has 1 saturated heterocycles. The standard InChI is InChI=1S/C32H26F3N3O5/c1-30-13-21(39)26-25(24(29(41)42-2)27(37-26)32(33,34)35)31(30)12-18(31)14-38(30)28(40)20-10-17-9-16(7-8-19(17)36-20)23-11-15-5-3-4-6-22(15)43-23/h3-10,18,23,36-37H,11-14H2,1-2H3. The van der Waals surface area contributed by atoms with E-state index in [0.717, 1.165) is 41.3 Å². The van der Waals surface area contributed by atoms with Crippen LogP contribution in [-0.2, 0) is 22.7 Å². The summed E-state index contributed by atoms with van der Waals surface area (Å²) in [6, 6.07) is 15.5. The molecule has 0 radical (unpaired) electrons. The number of carbonyl (C=O) groups is 3. The third-order valence-corrected chi connectivity index (χ3v) is 10.1. The molecule has 4 unspecified atom stereocenters. The molecule has 8 rings (SSSR count). The molecule has 43 heavy (non-hydrogen) atoms. The van der Waals surface area contributed by atoms with Crippen molar-refractivity contribution in [2.75, 3.05) is 13.7 Å². The van der Waals surface area contributed by atoms with Gasteiger partial charge in [-0.05, 0) is 54.7 Å². The van der Waals surface area contributed by atoms with E-state index in [1.165, 1.54) is 0 Å². The molecule has 2 fully saturated rings. The zero-order valence-electron chi connectivity index (χ0n) is 23.2. The van der Waals surface area contributed by atoms with E-state index in [1.54, 1.807) is 17.9 Å². The van der Waals surface area contributed by atoms with Gasteiger partial charge in [-0.3, -0.25) is 9.59 Å². The molecule has 2 aliphatic carbocycles. The maximum absolute atomic E-state index is 14.1. The Morgan fingerprint density at radius 1 is 1.12 bits per heavy atom. The molecule has 8 nitrogen and oxygen atoms in total. The number of likely N-dealkylation sites (tertiary alicyclic amines) is 1. The molecule has 4 aromatic rings. The Labute approximate surface area is 243 Å². The molecule has 1 spiro atoms. The smallest absolute Gasteiger partial charge is 0.432 e. The first-order chi connectivity index (χ1) is 20.5. The lowest BCUT2D eigenvalue weighted by atomic mass is 9.68. The third-order valence-electron chi connectivity index (χ3n) is 10.1. The molecule has 2 N–H and O–H groups in total. The number of benzene rings is 2. The van der Waals surface area contributed by atoms with E-state index in [0.29, 0.717) is 12.1 Å². The molecule has 220 valence electrons. The zero-order chi connectivity index (χ0) is 30.1. The molecule has 2 aliphatic heterocycles. The highest BCUT2D eigenvalue weighted by Gasteiger charge is 2.77. The summed E-state index contributed by atoms with van der Waals surface area (Å²) in [6.45, 7) is 2.00. The van der Waals surface area contributed by atoms with Gasteiger partial charge < -0.3 is 24.3 Å². The monoisotopic (exact) mass is 589 g/mol. The van der Waals surface area contributed by atoms with Gasteiger partial charge in [0.1, 0.15) is 23.2 Å². The van der Waals surface area contributed by atoms with E-state index in [9.17, 15) is 27.6 Å². The van der Waals surface area contributed by atoms with Crippen LogP contribution in [0.4, 0.5) is 13.2 Å². The number of hydrogen-bond acceptors (Lipinski definition) is 5. The van der Waals surface area contributed by atoms with E-state index >= 15 is 0 Å². The number of methoxy groups -OCH3 is 1. The summed E-state index contributed by atoms with van der Waals surface area (Å²) in [6.07, 6.45) is -4.00. The van der Waals surface area contributed by atoms with Crippen molar-refractivity contribution in [3.63, 3.8) is 0 Å². The van der Waals surface area contributed by atoms with Crippen LogP contribution in [0.15, 0.2) is 48.5 Å². The number of amides is 1. The quantitative estimate of drug-likeness (QED) is 0.297. The van der Waals surface area contributed by atoms with Gasteiger partial charge in [0.05, 0.1) is 23.9 Å². The SMILES string of the molecule is COC(=O)c1c(C(F)(F)F)[nH]c2c1C13CC1CN(C(=O)c1cc4cc(C5Cc6ccccc6O5)ccc4[nH]1)C3(C)CC2=O. The van der Waals surface area contributed by atoms with Crippen molar-refractivity contribution < 1.29 is 37.0 Å². The third kappa shape index (κ3) is 3.36. The van der Waals surface area contributed by atoms with Crippen molar-refractivity contribution in [2.24, 2.45) is 5.92 Å². The van der Waals surface area contributed by atoms with E-state index in [2.05, 4.69) is 9.97 Å². The number of para-hydroxylation sites is 1. The number of halogens is 3. The Kier molecular flexibility index (Phi) is 5.04. The van der Waals surface area contributed by atoms with E-state index in [1.807, 2.05) is 42.5 Å². The van der Waals surface area contributed by atoms with Crippen molar-refractivity contribution in [1.29, 1.82) is 0 Å². The number of fused-ring (bicyclic) bond motifs is 3. The van der Waals surface area contributed by atoms with Crippen LogP contribution in [0.5, 0.6) is 5.75 Å². The number of alkyl halides is 3. The number of esters is 1. The van der Waals surface area contributed by atoms with E-state index in [-0.39, 0.29) is 42.2 Å². The second-order valence-corrected chi connectivity index (χ2v) is 12.2. The second-order valence-electron chi connectivity index (χ2n) is 12.2. The van der Waals surface area contributed by atoms with Crippen molar-refractivity contribution in [3.8, 4) is 5.75 Å². The molecule has 4 atom stereocenters. The fourth-order valence-electron chi connectivity index (χ4n) is 8.06. The molecular formula is C32H26F3N3O5. The summed E-state index contributed by atoms with van der Waals surface area (Å²) < 4.78 is 53.0. The summed E-state index contributed by atoms with van der Waals surface area (Å²) in [5.74, 6) is -1.43. The normalized spacial score (nSPS) is 26.9. The van der Waals surface area contributed by atoms with Crippen LogP contribution in [0.25, 0.3) is 10.9 Å². The van der Waals surface area contributed by atoms with Crippen molar-refractivity contribution in [1.82, 2.24) is 14.9 Å². The second kappa shape index (κ2) is 8.30. The van der Waals surface area contributed by atoms with Gasteiger partial charge in [-0.1, -0.05) is 24.3 Å². The van der Waals surface area contributed by atoms with Crippen LogP contribution in [0.2, 0.25) is 0 Å². The molecule has 4 heterocycles. The Morgan fingerprint density at radius 2 is 1.91 bits per heavy atom. The lowest BCUT2D eigenvalue weighted by molar-refractivity contribution is -0.141. The molecule has 4 aliphatic rings. The molecular weight excluding hydrogens is 563 g/mol. The van der Waals surface area contributed by atoms with Crippen LogP contribution in [0.3, 0.4) is 0 Å². The predicted molar refractivity (Wildman–Crippen MR) is 147 cm³/mol. The Hall–Kier alpha value is -4.54. The number of nitrogens with zero attached hydrogens (tertiary/aromatic N) is 1. The number of ketones is 1. The number of hydrogen-bond donors (Lipinski definition) is 2. The van der Waals surface area contributed by atoms with Crippen molar-refractivity contribution in [2.45, 2.75) is 49.4 Å². The van der Waals surface area contributed by atoms with E-state index in [4.69, 9.17) is 9.47 Å². The minimum atomic E-state index is -4.90. The average Bonchev–Trinajstić information content (AvgIpc) is 3.38. The highest BCUT2D eigenvalue weighted by Crippen LogP contribution is 2.71. The first-order valence-electron chi connectivity index (χ1n) is 14.1. The van der Waals surface area contributed by atoms with Crippen molar-refractivity contribution in [3.05, 3.63) is 87.9 Å². The topological polar surface area (TPSA) is 104 Å². The van der Waals surface area contributed by atoms with Gasteiger partial charge in [0.15, 0.2) is 5.78 Å². The van der Waals surface area contributed by atoms with Gasteiger partial charge >= 0.3 is 12.1 Å². The maximum atomic E-state index is 14.1. The molecule has 1 saturated carbocycles. The summed E-state index contributed by atoms with van der Waals surface area (Å²) >= 11 is 0. The van der Waals surface area contributed by atoms with Crippen LogP contribution < -0.4 is 4.74 Å². The number of piperidine rings is 1. The zero-order valence-corrected chi connectivity index (χ0v) is 23.2. The number of nitrogens with one attached hydrogen (secondary N) is 2. The minimum absolute atomic E-state index is 0.0320. The van der Waals surface area contributed by atoms with Gasteiger partial charge in [0.2, 0.25) is 0 Å². The number of ether oxygens (including phenoxy) is 2. The number of H-pyrrole nitrogens is 2. The Morgan fingerprint density at radius 3 is 2.65 bits per heavy atom. The van der Waals surface area contributed by atoms with Crippen LogP contribution in [0.1, 0.15) is 79.6 Å². The number of carbonyl (C=O) groups excluding carboxylic acids is 3. The van der Waals surface area contributed by atoms with Crippen LogP contribution >= 0.6 is 0 Å². The van der Waals surface area contributed by atoms with Gasteiger partial charge in [-0.2, -0.15) is 13.2 Å². The van der Waals surface area contributed by atoms with E-state index < -0.39 is 40.1 Å². The Bertz CT molecular complexity index is 1880. The maximum Gasteiger partial charge on any atom is 0.432 e. The summed E-state index contributed by atoms with van der Waals surface area (Å²) in [5.41, 5.74) is -1.04. The fourth-order valence-corrected chi connectivity index (χ4v) is 8.06. The Balaban J connectivity index is 1.15. The predicted octanol–water partition coefficient (Wildman–Crippen LogP) is 5.74. The van der Waals surface area contributed by atoms with Gasteiger partial charge in [-0.15, -0.1) is 0 Å². The highest BCUT2D eigenvalue weighted by atomic mass is 19.4.